The van der Waals surface area contributed by atoms with Crippen LogP contribution < -0.4 is 11.1 Å². The van der Waals surface area contributed by atoms with Crippen LogP contribution in [0.2, 0.25) is 0 Å². The van der Waals surface area contributed by atoms with Gasteiger partial charge >= 0.3 is 0 Å². The molecule has 0 aliphatic heterocycles. The third kappa shape index (κ3) is 4.13. The number of nitrogens with two attached hydrogens (primary N) is 1. The predicted molar refractivity (Wildman–Crippen MR) is 82.8 cm³/mol. The normalized spacial score (nSPS) is 12.3. The average Bonchev–Trinajstić information content (AvgIpc) is 2.39. The summed E-state index contributed by atoms with van der Waals surface area (Å²) in [6.07, 6.45) is 0.642. The topological polar surface area (TPSA) is 78.6 Å². The Bertz CT molecular complexity index is 458. The molecule has 0 fully saturated rings. The summed E-state index contributed by atoms with van der Waals surface area (Å²) in [6, 6.07) is 5.34. The number of nitrogens with one attached hydrogen (secondary N) is 1. The van der Waals surface area contributed by atoms with Crippen molar-refractivity contribution in [1.82, 2.24) is 4.90 Å². The van der Waals surface area contributed by atoms with Gasteiger partial charge in [0, 0.05) is 32.3 Å². The Morgan fingerprint density at radius 2 is 2.05 bits per heavy atom. The quantitative estimate of drug-likeness (QED) is 0.694. The molecule has 20 heavy (non-hydrogen) atoms. The molecular formula is C15H25N3O2. The Morgan fingerprint density at radius 1 is 1.40 bits per heavy atom. The van der Waals surface area contributed by atoms with Crippen molar-refractivity contribution >= 4 is 17.3 Å². The molecule has 0 saturated carbocycles. The Morgan fingerprint density at radius 3 is 2.55 bits per heavy atom. The lowest BCUT2D eigenvalue weighted by molar-refractivity contribution is 0.0827. The maximum atomic E-state index is 12.0. The minimum atomic E-state index is -0.0590. The molecule has 4 N–H and O–H groups in total. The second-order valence-electron chi connectivity index (χ2n) is 5.51. The molecule has 5 nitrogen and oxygen atoms in total. The number of hydrogen-bond donors (Lipinski definition) is 3. The predicted octanol–water partition coefficient (Wildman–Crippen LogP) is 1.79. The molecule has 1 unspecified atom stereocenters. The van der Waals surface area contributed by atoms with E-state index in [1.54, 1.807) is 32.3 Å². The van der Waals surface area contributed by atoms with E-state index in [9.17, 15) is 4.79 Å². The van der Waals surface area contributed by atoms with Gasteiger partial charge in [0.05, 0.1) is 11.4 Å². The molecule has 0 spiro atoms. The van der Waals surface area contributed by atoms with E-state index in [1.165, 1.54) is 4.90 Å². The fourth-order valence-electron chi connectivity index (χ4n) is 1.98. The van der Waals surface area contributed by atoms with Crippen molar-refractivity contribution in [3.63, 3.8) is 0 Å². The number of nitrogens with zero attached hydrogens (tertiary/aromatic N) is 1. The minimum Gasteiger partial charge on any atom is -0.397 e. The van der Waals surface area contributed by atoms with Crippen molar-refractivity contribution in [2.75, 3.05) is 31.8 Å². The van der Waals surface area contributed by atoms with Gasteiger partial charge in [-0.1, -0.05) is 13.8 Å². The van der Waals surface area contributed by atoms with Crippen molar-refractivity contribution in [1.29, 1.82) is 0 Å². The molecule has 1 aromatic rings. The maximum absolute atomic E-state index is 12.0. The Kier molecular flexibility index (Phi) is 5.82. The summed E-state index contributed by atoms with van der Waals surface area (Å²) in [7, 11) is 3.43. The highest BCUT2D eigenvalue weighted by atomic mass is 16.3. The molecule has 0 heterocycles. The van der Waals surface area contributed by atoms with Crippen LogP contribution in [0, 0.1) is 5.92 Å². The third-order valence-electron chi connectivity index (χ3n) is 3.29. The van der Waals surface area contributed by atoms with Crippen LogP contribution in [0.15, 0.2) is 18.2 Å². The number of carbonyl (C=O) groups is 1. The molecule has 5 heteroatoms. The van der Waals surface area contributed by atoms with Gasteiger partial charge in [-0.05, 0) is 30.5 Å². The van der Waals surface area contributed by atoms with Gasteiger partial charge in [0.25, 0.3) is 5.91 Å². The smallest absolute Gasteiger partial charge is 0.253 e. The molecule has 0 radical (unpaired) electrons. The molecule has 1 atom stereocenters. The maximum Gasteiger partial charge on any atom is 0.253 e. The van der Waals surface area contributed by atoms with Crippen LogP contribution in [0.25, 0.3) is 0 Å². The number of aliphatic hydroxyl groups excluding tert-OH is 1. The van der Waals surface area contributed by atoms with Gasteiger partial charge in [0.15, 0.2) is 0 Å². The van der Waals surface area contributed by atoms with Crippen LogP contribution >= 0.6 is 0 Å². The first-order valence-electron chi connectivity index (χ1n) is 6.85. The van der Waals surface area contributed by atoms with Gasteiger partial charge in [-0.3, -0.25) is 4.79 Å². The van der Waals surface area contributed by atoms with E-state index >= 15 is 0 Å². The standard InChI is InChI=1S/C15H25N3O2/c1-10(2)13(7-8-19)17-14-9-11(5-6-12(14)16)15(20)18(3)4/h5-6,9-10,13,17,19H,7-8,16H2,1-4H3. The summed E-state index contributed by atoms with van der Waals surface area (Å²) in [6.45, 7) is 4.28. The van der Waals surface area contributed by atoms with Gasteiger partial charge in [0.2, 0.25) is 0 Å². The van der Waals surface area contributed by atoms with E-state index in [0.29, 0.717) is 23.6 Å². The van der Waals surface area contributed by atoms with Crippen LogP contribution in [0.4, 0.5) is 11.4 Å². The lowest BCUT2D eigenvalue weighted by Crippen LogP contribution is -2.27. The lowest BCUT2D eigenvalue weighted by Gasteiger charge is -2.24. The van der Waals surface area contributed by atoms with Gasteiger partial charge in [-0.15, -0.1) is 0 Å². The summed E-state index contributed by atoms with van der Waals surface area (Å²) in [5.74, 6) is 0.297. The number of hydrogen-bond acceptors (Lipinski definition) is 4. The van der Waals surface area contributed by atoms with E-state index < -0.39 is 0 Å². The molecule has 0 aliphatic carbocycles. The van der Waals surface area contributed by atoms with Gasteiger partial charge in [0.1, 0.15) is 0 Å². The monoisotopic (exact) mass is 279 g/mol. The molecule has 0 aliphatic rings. The van der Waals surface area contributed by atoms with E-state index in [1.807, 2.05) is 0 Å². The number of rotatable bonds is 6. The zero-order valence-electron chi connectivity index (χ0n) is 12.7. The minimum absolute atomic E-state index is 0.0590. The molecule has 0 aromatic heterocycles. The highest BCUT2D eigenvalue weighted by molar-refractivity contribution is 5.95. The van der Waals surface area contributed by atoms with E-state index in [0.717, 1.165) is 5.69 Å². The third-order valence-corrected chi connectivity index (χ3v) is 3.29. The SMILES string of the molecule is CC(C)C(CCO)Nc1cc(C(=O)N(C)C)ccc1N. The first kappa shape index (κ1) is 16.3. The fourth-order valence-corrected chi connectivity index (χ4v) is 1.98. The number of amides is 1. The first-order valence-corrected chi connectivity index (χ1v) is 6.85. The van der Waals surface area contributed by atoms with Crippen LogP contribution in [-0.4, -0.2) is 42.7 Å². The molecule has 112 valence electrons. The van der Waals surface area contributed by atoms with Gasteiger partial charge in [-0.25, -0.2) is 0 Å². The molecule has 1 aromatic carbocycles. The Balaban J connectivity index is 2.99. The first-order chi connectivity index (χ1) is 9.36. The number of anilines is 2. The van der Waals surface area contributed by atoms with Crippen molar-refractivity contribution in [3.8, 4) is 0 Å². The Labute approximate surface area is 120 Å². The molecule has 0 saturated heterocycles. The summed E-state index contributed by atoms with van der Waals surface area (Å²) in [5.41, 5.74) is 7.90. The van der Waals surface area contributed by atoms with E-state index in [4.69, 9.17) is 10.8 Å². The van der Waals surface area contributed by atoms with Crippen molar-refractivity contribution < 1.29 is 9.90 Å². The zero-order chi connectivity index (χ0) is 15.3. The summed E-state index contributed by atoms with van der Waals surface area (Å²) >= 11 is 0. The van der Waals surface area contributed by atoms with Gasteiger partial charge in [-0.2, -0.15) is 0 Å². The largest absolute Gasteiger partial charge is 0.397 e. The summed E-state index contributed by atoms with van der Waals surface area (Å²) in [4.78, 5) is 13.5. The lowest BCUT2D eigenvalue weighted by atomic mass is 10.0. The number of aliphatic hydroxyl groups is 1. The average molecular weight is 279 g/mol. The second-order valence-corrected chi connectivity index (χ2v) is 5.51. The number of benzene rings is 1. The van der Waals surface area contributed by atoms with Crippen LogP contribution in [0.3, 0.4) is 0 Å². The van der Waals surface area contributed by atoms with Crippen LogP contribution in [0.5, 0.6) is 0 Å². The molecular weight excluding hydrogens is 254 g/mol. The summed E-state index contributed by atoms with van der Waals surface area (Å²) < 4.78 is 0. The van der Waals surface area contributed by atoms with E-state index in [2.05, 4.69) is 19.2 Å². The van der Waals surface area contributed by atoms with Crippen molar-refractivity contribution in [3.05, 3.63) is 23.8 Å². The highest BCUT2D eigenvalue weighted by Crippen LogP contribution is 2.24. The second kappa shape index (κ2) is 7.14. The number of nitrogen functional groups attached to an aromatic ring is 1. The highest BCUT2D eigenvalue weighted by Gasteiger charge is 2.16. The van der Waals surface area contributed by atoms with Crippen LogP contribution in [-0.2, 0) is 0 Å². The molecule has 0 bridgehead atoms. The fraction of sp³-hybridized carbons (Fsp3) is 0.533. The number of carbonyl (C=O) groups excluding carboxylic acids is 1. The van der Waals surface area contributed by atoms with E-state index in [-0.39, 0.29) is 18.6 Å². The summed E-state index contributed by atoms with van der Waals surface area (Å²) in [5, 5.41) is 12.4. The zero-order valence-corrected chi connectivity index (χ0v) is 12.7. The van der Waals surface area contributed by atoms with Crippen molar-refractivity contribution in [2.45, 2.75) is 26.3 Å². The van der Waals surface area contributed by atoms with Gasteiger partial charge < -0.3 is 21.1 Å². The molecule has 1 rings (SSSR count). The van der Waals surface area contributed by atoms with Crippen molar-refractivity contribution in [2.24, 2.45) is 5.92 Å². The van der Waals surface area contributed by atoms with Crippen LogP contribution in [0.1, 0.15) is 30.6 Å². The molecule has 1 amide bonds. The Hall–Kier alpha value is -1.75.